The normalized spacial score (nSPS) is 32.7. The van der Waals surface area contributed by atoms with Crippen LogP contribution >= 0.6 is 0 Å². The molecule has 1 saturated carbocycles. The fraction of sp³-hybridized carbons (Fsp3) is 0.833. The topological polar surface area (TPSA) is 72.8 Å². The predicted molar refractivity (Wildman–Crippen MR) is 113 cm³/mol. The van der Waals surface area contributed by atoms with Gasteiger partial charge < -0.3 is 14.6 Å². The van der Waals surface area contributed by atoms with Gasteiger partial charge in [-0.2, -0.15) is 0 Å². The molecule has 0 heterocycles. The van der Waals surface area contributed by atoms with Crippen LogP contribution in [0.25, 0.3) is 0 Å². The number of hydrogen-bond acceptors (Lipinski definition) is 5. The second kappa shape index (κ2) is 10.1. The van der Waals surface area contributed by atoms with Gasteiger partial charge in [0.25, 0.3) is 0 Å². The van der Waals surface area contributed by atoms with Crippen molar-refractivity contribution in [3.8, 4) is 0 Å². The van der Waals surface area contributed by atoms with Crippen molar-refractivity contribution in [3.05, 3.63) is 11.6 Å². The summed E-state index contributed by atoms with van der Waals surface area (Å²) >= 11 is 0. The van der Waals surface area contributed by atoms with E-state index in [1.807, 2.05) is 0 Å². The van der Waals surface area contributed by atoms with Gasteiger partial charge in [-0.05, 0) is 72.7 Å². The van der Waals surface area contributed by atoms with E-state index < -0.39 is 11.9 Å². The highest BCUT2D eigenvalue weighted by Gasteiger charge is 2.53. The van der Waals surface area contributed by atoms with Crippen molar-refractivity contribution >= 4 is 11.9 Å². The lowest BCUT2D eigenvalue weighted by Crippen LogP contribution is -2.50. The lowest BCUT2D eigenvalue weighted by molar-refractivity contribution is -0.152. The van der Waals surface area contributed by atoms with Gasteiger partial charge in [-0.25, -0.2) is 0 Å². The molecule has 0 unspecified atom stereocenters. The standard InChI is InChI=1S/C24H40O5/c1-17(11-14-25)9-12-23(3)18(2)10-13-24(4)19(7-6-8-20(23)24)16-29-22(27)15-21(26)28-5/h7,17-18,20,25H,6,8-16H2,1-5H3/t17-,18+,20+,23-,24-/m0/s1. The van der Waals surface area contributed by atoms with Gasteiger partial charge in [0.2, 0.25) is 0 Å². The van der Waals surface area contributed by atoms with Crippen molar-refractivity contribution in [2.24, 2.45) is 28.6 Å². The third-order valence-electron chi connectivity index (χ3n) is 8.07. The molecular weight excluding hydrogens is 368 g/mol. The number of aliphatic hydroxyl groups excluding tert-OH is 1. The van der Waals surface area contributed by atoms with Crippen molar-refractivity contribution in [3.63, 3.8) is 0 Å². The predicted octanol–water partition coefficient (Wildman–Crippen LogP) is 4.67. The van der Waals surface area contributed by atoms with Crippen molar-refractivity contribution in [2.45, 2.75) is 79.1 Å². The van der Waals surface area contributed by atoms with E-state index in [0.717, 1.165) is 25.7 Å². The molecule has 0 saturated heterocycles. The van der Waals surface area contributed by atoms with Gasteiger partial charge in [0.05, 0.1) is 7.11 Å². The minimum atomic E-state index is -0.562. The number of methoxy groups -OCH3 is 1. The molecule has 0 spiro atoms. The fourth-order valence-electron chi connectivity index (χ4n) is 5.75. The lowest BCUT2D eigenvalue weighted by atomic mass is 9.46. The molecule has 0 aromatic heterocycles. The summed E-state index contributed by atoms with van der Waals surface area (Å²) in [6, 6.07) is 0. The maximum Gasteiger partial charge on any atom is 0.317 e. The Labute approximate surface area is 176 Å². The summed E-state index contributed by atoms with van der Waals surface area (Å²) in [4.78, 5) is 23.3. The Morgan fingerprint density at radius 3 is 2.62 bits per heavy atom. The van der Waals surface area contributed by atoms with E-state index in [2.05, 4.69) is 38.5 Å². The molecule has 2 aliphatic carbocycles. The molecule has 0 aliphatic heterocycles. The summed E-state index contributed by atoms with van der Waals surface area (Å²) in [5, 5.41) is 9.25. The van der Waals surface area contributed by atoms with Crippen LogP contribution in [0.5, 0.6) is 0 Å². The highest BCUT2D eigenvalue weighted by atomic mass is 16.5. The van der Waals surface area contributed by atoms with Gasteiger partial charge in [0.15, 0.2) is 0 Å². The number of esters is 2. The second-order valence-electron chi connectivity index (χ2n) is 9.79. The van der Waals surface area contributed by atoms with E-state index in [0.29, 0.717) is 17.8 Å². The van der Waals surface area contributed by atoms with E-state index in [4.69, 9.17) is 4.74 Å². The fourth-order valence-corrected chi connectivity index (χ4v) is 5.75. The second-order valence-corrected chi connectivity index (χ2v) is 9.79. The molecule has 166 valence electrons. The lowest BCUT2D eigenvalue weighted by Gasteiger charge is -2.58. The maximum atomic E-state index is 12.0. The number of aliphatic hydroxyl groups is 1. The Hall–Kier alpha value is -1.36. The first kappa shape index (κ1) is 23.9. The molecule has 0 aromatic carbocycles. The van der Waals surface area contributed by atoms with Crippen molar-refractivity contribution in [1.29, 1.82) is 0 Å². The zero-order chi connectivity index (χ0) is 21.7. The zero-order valence-electron chi connectivity index (χ0n) is 19.0. The Morgan fingerprint density at radius 2 is 1.97 bits per heavy atom. The quantitative estimate of drug-likeness (QED) is 0.341. The SMILES string of the molecule is COC(=O)CC(=O)OCC1=CCC[C@@H]2[C@@](C)(CC[C@H](C)CCO)[C@H](C)CC[C@@]12C. The summed E-state index contributed by atoms with van der Waals surface area (Å²) in [6.07, 6.45) is 9.57. The van der Waals surface area contributed by atoms with Crippen LogP contribution in [-0.4, -0.2) is 37.4 Å². The molecule has 2 rings (SSSR count). The average Bonchev–Trinajstić information content (AvgIpc) is 2.68. The van der Waals surface area contributed by atoms with Gasteiger partial charge in [0.1, 0.15) is 13.0 Å². The average molecular weight is 409 g/mol. The molecule has 0 radical (unpaired) electrons. The first-order valence-electron chi connectivity index (χ1n) is 11.2. The molecule has 0 amide bonds. The largest absolute Gasteiger partial charge is 0.469 e. The van der Waals surface area contributed by atoms with E-state index >= 15 is 0 Å². The van der Waals surface area contributed by atoms with Crippen molar-refractivity contribution in [2.75, 3.05) is 20.3 Å². The molecule has 5 nitrogen and oxygen atoms in total. The number of ether oxygens (including phenoxy) is 2. The number of allylic oxidation sites excluding steroid dienone is 1. The molecular formula is C24H40O5. The van der Waals surface area contributed by atoms with E-state index in [9.17, 15) is 14.7 Å². The molecule has 1 N–H and O–H groups in total. The first-order chi connectivity index (χ1) is 13.7. The zero-order valence-corrected chi connectivity index (χ0v) is 19.0. The van der Waals surface area contributed by atoms with E-state index in [1.54, 1.807) is 0 Å². The number of fused-ring (bicyclic) bond motifs is 1. The van der Waals surface area contributed by atoms with Crippen LogP contribution in [0.2, 0.25) is 0 Å². The third kappa shape index (κ3) is 5.42. The number of rotatable bonds is 9. The Balaban J connectivity index is 2.11. The van der Waals surface area contributed by atoms with Gasteiger partial charge in [-0.1, -0.05) is 40.2 Å². The maximum absolute atomic E-state index is 12.0. The van der Waals surface area contributed by atoms with Gasteiger partial charge >= 0.3 is 11.9 Å². The van der Waals surface area contributed by atoms with Crippen LogP contribution in [0.15, 0.2) is 11.6 Å². The van der Waals surface area contributed by atoms with Gasteiger partial charge in [-0.3, -0.25) is 9.59 Å². The Morgan fingerprint density at radius 1 is 1.24 bits per heavy atom. The van der Waals surface area contributed by atoms with Crippen LogP contribution < -0.4 is 0 Å². The van der Waals surface area contributed by atoms with Crippen LogP contribution in [0.4, 0.5) is 0 Å². The summed E-state index contributed by atoms with van der Waals surface area (Å²) < 4.78 is 10.0. The highest BCUT2D eigenvalue weighted by Crippen LogP contribution is 2.62. The van der Waals surface area contributed by atoms with Crippen molar-refractivity contribution in [1.82, 2.24) is 0 Å². The van der Waals surface area contributed by atoms with Gasteiger partial charge in [-0.15, -0.1) is 0 Å². The van der Waals surface area contributed by atoms with E-state index in [1.165, 1.54) is 31.9 Å². The molecule has 2 aliphatic rings. The summed E-state index contributed by atoms with van der Waals surface area (Å²) in [5.41, 5.74) is 1.49. The molecule has 1 fully saturated rings. The number of carbonyl (C=O) groups excluding carboxylic acids is 2. The van der Waals surface area contributed by atoms with Crippen molar-refractivity contribution < 1.29 is 24.2 Å². The summed E-state index contributed by atoms with van der Waals surface area (Å²) in [5.74, 6) is 0.665. The monoisotopic (exact) mass is 408 g/mol. The molecule has 29 heavy (non-hydrogen) atoms. The van der Waals surface area contributed by atoms with Crippen LogP contribution in [-0.2, 0) is 19.1 Å². The summed E-state index contributed by atoms with van der Waals surface area (Å²) in [7, 11) is 1.27. The Kier molecular flexibility index (Phi) is 8.33. The van der Waals surface area contributed by atoms with Crippen LogP contribution in [0.1, 0.15) is 79.1 Å². The van der Waals surface area contributed by atoms with E-state index in [-0.39, 0.29) is 30.5 Å². The Bertz CT molecular complexity index is 612. The molecule has 5 atom stereocenters. The molecule has 5 heteroatoms. The third-order valence-corrected chi connectivity index (χ3v) is 8.07. The minimum Gasteiger partial charge on any atom is -0.469 e. The van der Waals surface area contributed by atoms with Crippen LogP contribution in [0.3, 0.4) is 0 Å². The first-order valence-corrected chi connectivity index (χ1v) is 11.2. The highest BCUT2D eigenvalue weighted by molar-refractivity contribution is 5.91. The van der Waals surface area contributed by atoms with Crippen LogP contribution in [0, 0.1) is 28.6 Å². The van der Waals surface area contributed by atoms with Gasteiger partial charge in [0, 0.05) is 6.61 Å². The number of hydrogen-bond donors (Lipinski definition) is 1. The smallest absolute Gasteiger partial charge is 0.317 e. The molecule has 0 aromatic rings. The number of carbonyl (C=O) groups is 2. The minimum absolute atomic E-state index is 0.0330. The summed E-state index contributed by atoms with van der Waals surface area (Å²) in [6.45, 7) is 9.96. The molecule has 0 bridgehead atoms.